The molecule has 0 fully saturated rings. The van der Waals surface area contributed by atoms with Crippen LogP contribution in [0.2, 0.25) is 0 Å². The summed E-state index contributed by atoms with van der Waals surface area (Å²) in [6.45, 7) is 10.9. The Hall–Kier alpha value is -8.24. The number of esters is 1. The van der Waals surface area contributed by atoms with Crippen molar-refractivity contribution in [3.05, 3.63) is 106 Å². The van der Waals surface area contributed by atoms with Crippen LogP contribution >= 0.6 is 0 Å². The fourth-order valence-electron chi connectivity index (χ4n) is 9.69. The largest absolute Gasteiger partial charge is 0.490 e. The Balaban J connectivity index is 0.000000174. The zero-order chi connectivity index (χ0) is 49.1. The van der Waals surface area contributed by atoms with Crippen molar-refractivity contribution < 1.29 is 38.0 Å². The summed E-state index contributed by atoms with van der Waals surface area (Å²) in [4.78, 5) is 32.6. The molecule has 8 aromatic rings. The highest BCUT2D eigenvalue weighted by Gasteiger charge is 2.28. The van der Waals surface area contributed by atoms with Gasteiger partial charge in [0, 0.05) is 68.5 Å². The van der Waals surface area contributed by atoms with E-state index in [1.165, 1.54) is 22.5 Å². The first kappa shape index (κ1) is 46.9. The fourth-order valence-corrected chi connectivity index (χ4v) is 9.69. The van der Waals surface area contributed by atoms with Crippen molar-refractivity contribution in [2.24, 2.45) is 0 Å². The van der Waals surface area contributed by atoms with Gasteiger partial charge in [0.05, 0.1) is 42.8 Å². The Morgan fingerprint density at radius 3 is 1.59 bits per heavy atom. The molecular weight excluding hydrogens is 889 g/mol. The Bertz CT molecular complexity index is 3360. The average molecular weight is 941 g/mol. The number of ether oxygens (including phenoxy) is 3. The van der Waals surface area contributed by atoms with Crippen molar-refractivity contribution >= 4 is 33.7 Å². The van der Waals surface area contributed by atoms with Crippen LogP contribution in [-0.2, 0) is 53.1 Å². The summed E-state index contributed by atoms with van der Waals surface area (Å²) in [7, 11) is 0. The smallest absolute Gasteiger partial charge is 0.307 e. The minimum absolute atomic E-state index is 0.0372. The number of rotatable bonds is 15. The first-order chi connectivity index (χ1) is 34.0. The zero-order valence-corrected chi connectivity index (χ0v) is 39.7. The number of carbonyl (C=O) groups is 2. The minimum Gasteiger partial charge on any atom is -0.490 e. The number of hydrogen-bond donors (Lipinski definition) is 1. The van der Waals surface area contributed by atoms with E-state index in [1.54, 1.807) is 30.3 Å². The summed E-state index contributed by atoms with van der Waals surface area (Å²) in [6, 6.07) is 26.9. The van der Waals surface area contributed by atoms with Gasteiger partial charge in [0.25, 0.3) is 11.8 Å². The van der Waals surface area contributed by atoms with E-state index in [1.807, 2.05) is 71.0 Å². The van der Waals surface area contributed by atoms with Crippen LogP contribution in [0.1, 0.15) is 93.9 Å². The lowest BCUT2D eigenvalue weighted by molar-refractivity contribution is -0.143. The molecule has 0 spiro atoms. The van der Waals surface area contributed by atoms with Crippen LogP contribution in [0, 0.1) is 22.7 Å². The Labute approximate surface area is 404 Å². The Kier molecular flexibility index (Phi) is 13.5. The second-order valence-corrected chi connectivity index (χ2v) is 17.8. The van der Waals surface area contributed by atoms with Crippen molar-refractivity contribution in [1.82, 2.24) is 29.4 Å². The summed E-state index contributed by atoms with van der Waals surface area (Å²) < 4.78 is 32.1. The molecule has 16 nitrogen and oxygen atoms in total. The SMILES string of the molecule is CC(C)Oc1ccc(-c2nc(-c3cccc4c3c3c(n4CCC(=O)O)CCC3)no2)cc1C#N.CCOC(=O)CCn1c2c(c3c(-c4noc(-c5ccc(OC(C)C)c(C#N)c5)n4)cccc31)CCC2. The van der Waals surface area contributed by atoms with Crippen molar-refractivity contribution in [3.8, 4) is 69.3 Å². The summed E-state index contributed by atoms with van der Waals surface area (Å²) in [5, 5.41) is 39.0. The van der Waals surface area contributed by atoms with Gasteiger partial charge in [-0.2, -0.15) is 20.5 Å². The molecule has 0 amide bonds. The van der Waals surface area contributed by atoms with Gasteiger partial charge in [-0.1, -0.05) is 34.6 Å². The molecule has 0 atom stereocenters. The van der Waals surface area contributed by atoms with Crippen molar-refractivity contribution in [1.29, 1.82) is 10.5 Å². The molecule has 0 bridgehead atoms. The number of hydrogen-bond acceptors (Lipinski definition) is 13. The van der Waals surface area contributed by atoms with E-state index in [0.717, 1.165) is 71.5 Å². The van der Waals surface area contributed by atoms with Gasteiger partial charge in [-0.25, -0.2) is 0 Å². The number of aliphatic carboxylic acids is 1. The topological polar surface area (TPSA) is 217 Å². The van der Waals surface area contributed by atoms with Crippen LogP contribution in [0.15, 0.2) is 81.8 Å². The predicted molar refractivity (Wildman–Crippen MR) is 260 cm³/mol. The highest BCUT2D eigenvalue weighted by molar-refractivity contribution is 5.99. The number of aryl methyl sites for hydroxylation is 4. The molecule has 70 heavy (non-hydrogen) atoms. The number of carboxylic acid groups (broad SMARTS) is 1. The molecule has 0 aliphatic heterocycles. The number of aromatic nitrogens is 6. The van der Waals surface area contributed by atoms with Crippen molar-refractivity contribution in [2.45, 2.75) is 111 Å². The molecule has 4 aromatic heterocycles. The minimum atomic E-state index is -0.811. The lowest BCUT2D eigenvalue weighted by Crippen LogP contribution is -2.10. The molecule has 1 N–H and O–H groups in total. The molecule has 2 aliphatic rings. The monoisotopic (exact) mass is 940 g/mol. The molecule has 4 heterocycles. The number of carbonyl (C=O) groups excluding carboxylic acids is 1. The van der Waals surface area contributed by atoms with E-state index in [2.05, 4.69) is 47.6 Å². The van der Waals surface area contributed by atoms with E-state index >= 15 is 0 Å². The lowest BCUT2D eigenvalue weighted by atomic mass is 10.0. The van der Waals surface area contributed by atoms with Gasteiger partial charge in [0.1, 0.15) is 23.6 Å². The lowest BCUT2D eigenvalue weighted by Gasteiger charge is -2.11. The quantitative estimate of drug-likeness (QED) is 0.0946. The standard InChI is InChI=1S/C28H28N4O4.C26H24N4O4/c1-4-34-25(33)13-14-32-22-9-5-7-20(22)26-21(8-6-10-23(26)32)27-30-28(36-31-27)18-11-12-24(35-17(2)3)19(15-18)16-29;1-15(2)33-22-10-9-16(13-17(22)14-27)26-28-25(29-34-26)19-6-4-8-21-24(19)18-5-3-7-20(18)30(21)12-11-23(31)32/h6,8,10-12,15,17H,4-5,7,9,13-14H2,1-3H3;4,6,8-10,13,15H,3,5,7,11-12H2,1-2H3,(H,31,32). The molecule has 0 unspecified atom stereocenters. The van der Waals surface area contributed by atoms with Crippen LogP contribution in [-0.4, -0.2) is 65.3 Å². The molecule has 0 radical (unpaired) electrons. The molecular formula is C54H52N8O8. The summed E-state index contributed by atoms with van der Waals surface area (Å²) in [6.07, 6.45) is 6.27. The highest BCUT2D eigenvalue weighted by atomic mass is 16.5. The molecule has 0 saturated heterocycles. The number of carboxylic acids is 1. The van der Waals surface area contributed by atoms with Crippen LogP contribution in [0.25, 0.3) is 67.5 Å². The average Bonchev–Trinajstić information content (AvgIpc) is 4.22. The summed E-state index contributed by atoms with van der Waals surface area (Å²) in [5.41, 5.74) is 10.9. The van der Waals surface area contributed by atoms with Crippen molar-refractivity contribution in [2.75, 3.05) is 6.61 Å². The first-order valence-corrected chi connectivity index (χ1v) is 23.7. The predicted octanol–water partition coefficient (Wildman–Crippen LogP) is 10.4. The van der Waals surface area contributed by atoms with Gasteiger partial charge in [-0.3, -0.25) is 9.59 Å². The van der Waals surface area contributed by atoms with E-state index in [4.69, 9.17) is 23.3 Å². The molecule has 0 saturated carbocycles. The highest BCUT2D eigenvalue weighted by Crippen LogP contribution is 2.41. The normalized spacial score (nSPS) is 12.7. The van der Waals surface area contributed by atoms with Crippen LogP contribution < -0.4 is 9.47 Å². The van der Waals surface area contributed by atoms with E-state index in [-0.39, 0.29) is 24.6 Å². The second-order valence-electron chi connectivity index (χ2n) is 17.8. The molecule has 356 valence electrons. The number of nitriles is 2. The zero-order valence-electron chi connectivity index (χ0n) is 39.7. The van der Waals surface area contributed by atoms with Crippen LogP contribution in [0.5, 0.6) is 11.5 Å². The summed E-state index contributed by atoms with van der Waals surface area (Å²) >= 11 is 0. The molecule has 2 aliphatic carbocycles. The van der Waals surface area contributed by atoms with Crippen LogP contribution in [0.3, 0.4) is 0 Å². The van der Waals surface area contributed by atoms with E-state index < -0.39 is 5.97 Å². The third-order valence-corrected chi connectivity index (χ3v) is 12.4. The third kappa shape index (κ3) is 9.32. The third-order valence-electron chi connectivity index (χ3n) is 12.4. The number of benzene rings is 4. The fraction of sp³-hybridized carbons (Fsp3) is 0.333. The molecule has 4 aromatic carbocycles. The first-order valence-electron chi connectivity index (χ1n) is 23.7. The van der Waals surface area contributed by atoms with Gasteiger partial charge < -0.3 is 37.5 Å². The van der Waals surface area contributed by atoms with Gasteiger partial charge >= 0.3 is 11.9 Å². The van der Waals surface area contributed by atoms with E-state index in [0.29, 0.717) is 83.3 Å². The molecule has 16 heteroatoms. The Morgan fingerprint density at radius 1 is 0.686 bits per heavy atom. The van der Waals surface area contributed by atoms with Gasteiger partial charge in [-0.05, 0) is 133 Å². The maximum absolute atomic E-state index is 12.0. The maximum Gasteiger partial charge on any atom is 0.307 e. The second kappa shape index (κ2) is 20.2. The summed E-state index contributed by atoms with van der Waals surface area (Å²) in [5.74, 6) is 1.67. The Morgan fingerprint density at radius 2 is 1.16 bits per heavy atom. The van der Waals surface area contributed by atoms with Crippen LogP contribution in [0.4, 0.5) is 0 Å². The van der Waals surface area contributed by atoms with E-state index in [9.17, 15) is 25.2 Å². The maximum atomic E-state index is 12.0. The molecule has 10 rings (SSSR count). The van der Waals surface area contributed by atoms with Gasteiger partial charge in [0.15, 0.2) is 0 Å². The van der Waals surface area contributed by atoms with Gasteiger partial charge in [-0.15, -0.1) is 0 Å². The van der Waals surface area contributed by atoms with Crippen molar-refractivity contribution in [3.63, 3.8) is 0 Å². The van der Waals surface area contributed by atoms with Gasteiger partial charge in [0.2, 0.25) is 11.6 Å². The number of fused-ring (bicyclic) bond motifs is 6. The number of nitrogens with zero attached hydrogens (tertiary/aromatic N) is 8.